The molecule has 3 heteroatoms. The van der Waals surface area contributed by atoms with Gasteiger partial charge in [-0.05, 0) is 22.6 Å². The van der Waals surface area contributed by atoms with Crippen molar-refractivity contribution in [3.8, 4) is 0 Å². The van der Waals surface area contributed by atoms with E-state index in [1.807, 2.05) is 30.3 Å². The van der Waals surface area contributed by atoms with Crippen molar-refractivity contribution in [3.63, 3.8) is 0 Å². The SMILES string of the molecule is C[S+](C)C(I)C(=O)c1ccccc1. The van der Waals surface area contributed by atoms with Crippen molar-refractivity contribution >= 4 is 39.3 Å². The van der Waals surface area contributed by atoms with Crippen LogP contribution in [0, 0.1) is 0 Å². The third-order valence-corrected chi connectivity index (χ3v) is 6.34. The van der Waals surface area contributed by atoms with Crippen LogP contribution in [0.25, 0.3) is 0 Å². The molecular weight excluding hydrogens is 295 g/mol. The lowest BCUT2D eigenvalue weighted by molar-refractivity contribution is 0.101. The second-order valence-electron chi connectivity index (χ2n) is 2.93. The first-order valence-electron chi connectivity index (χ1n) is 3.92. The molecule has 1 nitrogen and oxygen atoms in total. The first kappa shape index (κ1) is 11.0. The minimum absolute atomic E-state index is 0.111. The van der Waals surface area contributed by atoms with E-state index in [1.165, 1.54) is 0 Å². The smallest absolute Gasteiger partial charge is 0.228 e. The summed E-state index contributed by atoms with van der Waals surface area (Å²) in [6.45, 7) is 0. The van der Waals surface area contributed by atoms with Crippen LogP contribution in [-0.4, -0.2) is 21.6 Å². The van der Waals surface area contributed by atoms with Gasteiger partial charge in [-0.3, -0.25) is 4.79 Å². The van der Waals surface area contributed by atoms with Gasteiger partial charge in [-0.25, -0.2) is 0 Å². The number of rotatable bonds is 3. The molecule has 0 heterocycles. The van der Waals surface area contributed by atoms with E-state index in [0.717, 1.165) is 5.56 Å². The van der Waals surface area contributed by atoms with E-state index in [9.17, 15) is 4.79 Å². The quantitative estimate of drug-likeness (QED) is 0.363. The highest BCUT2D eigenvalue weighted by atomic mass is 127. The molecule has 0 N–H and O–H groups in total. The molecule has 0 aromatic heterocycles. The van der Waals surface area contributed by atoms with Gasteiger partial charge in [0, 0.05) is 16.5 Å². The maximum absolute atomic E-state index is 11.8. The lowest BCUT2D eigenvalue weighted by Crippen LogP contribution is -2.22. The number of halogens is 1. The molecule has 0 aliphatic rings. The summed E-state index contributed by atoms with van der Waals surface area (Å²) in [5.41, 5.74) is 0.822. The first-order valence-corrected chi connectivity index (χ1v) is 7.27. The highest BCUT2D eigenvalue weighted by molar-refractivity contribution is 14.1. The summed E-state index contributed by atoms with van der Waals surface area (Å²) < 4.78 is 0.111. The largest absolute Gasteiger partial charge is 0.288 e. The Morgan fingerprint density at radius 1 is 1.31 bits per heavy atom. The van der Waals surface area contributed by atoms with E-state index in [0.29, 0.717) is 0 Å². The number of ketones is 1. The van der Waals surface area contributed by atoms with E-state index in [-0.39, 0.29) is 19.9 Å². The average Bonchev–Trinajstić information content (AvgIpc) is 2.17. The Labute approximate surface area is 95.4 Å². The lowest BCUT2D eigenvalue weighted by atomic mass is 10.2. The van der Waals surface area contributed by atoms with Gasteiger partial charge in [0.25, 0.3) is 0 Å². The molecule has 1 aromatic carbocycles. The Kier molecular flexibility index (Phi) is 4.25. The Hall–Kier alpha value is -0.0300. The van der Waals surface area contributed by atoms with E-state index < -0.39 is 0 Å². The van der Waals surface area contributed by atoms with Crippen molar-refractivity contribution in [1.82, 2.24) is 0 Å². The lowest BCUT2D eigenvalue weighted by Gasteiger charge is -2.04. The van der Waals surface area contributed by atoms with Crippen LogP contribution in [0.15, 0.2) is 30.3 Å². The maximum Gasteiger partial charge on any atom is 0.228 e. The molecule has 13 heavy (non-hydrogen) atoms. The molecule has 0 radical (unpaired) electrons. The van der Waals surface area contributed by atoms with Gasteiger partial charge in [-0.1, -0.05) is 30.3 Å². The molecule has 1 atom stereocenters. The molecule has 0 amide bonds. The van der Waals surface area contributed by atoms with Crippen molar-refractivity contribution < 1.29 is 4.79 Å². The molecule has 1 aromatic rings. The third kappa shape index (κ3) is 2.98. The van der Waals surface area contributed by atoms with Gasteiger partial charge in [-0.2, -0.15) is 0 Å². The van der Waals surface area contributed by atoms with E-state index in [2.05, 4.69) is 35.1 Å². The zero-order valence-electron chi connectivity index (χ0n) is 7.66. The fraction of sp³-hybridized carbons (Fsp3) is 0.300. The maximum atomic E-state index is 11.8. The number of benzene rings is 1. The van der Waals surface area contributed by atoms with Crippen molar-refractivity contribution in [2.45, 2.75) is 3.26 Å². The highest BCUT2D eigenvalue weighted by Gasteiger charge is 2.26. The van der Waals surface area contributed by atoms with Gasteiger partial charge in [0.2, 0.25) is 9.04 Å². The number of hydrogen-bond donors (Lipinski definition) is 0. The zero-order valence-corrected chi connectivity index (χ0v) is 10.6. The second-order valence-corrected chi connectivity index (χ2v) is 7.25. The molecule has 0 aliphatic carbocycles. The molecule has 1 rings (SSSR count). The molecule has 0 saturated carbocycles. The Balaban J connectivity index is 2.80. The topological polar surface area (TPSA) is 17.1 Å². The second kappa shape index (κ2) is 5.00. The van der Waals surface area contributed by atoms with Gasteiger partial charge >= 0.3 is 0 Å². The number of alkyl halides is 1. The van der Waals surface area contributed by atoms with Crippen LogP contribution in [0.5, 0.6) is 0 Å². The molecule has 0 fully saturated rings. The predicted octanol–water partition coefficient (Wildman–Crippen LogP) is 2.51. The molecule has 0 bridgehead atoms. The average molecular weight is 307 g/mol. The monoisotopic (exact) mass is 307 g/mol. The van der Waals surface area contributed by atoms with Crippen molar-refractivity contribution in [2.24, 2.45) is 0 Å². The van der Waals surface area contributed by atoms with Gasteiger partial charge in [0.05, 0.1) is 12.5 Å². The van der Waals surface area contributed by atoms with Gasteiger partial charge in [-0.15, -0.1) is 0 Å². The van der Waals surface area contributed by atoms with Gasteiger partial charge in [0.1, 0.15) is 0 Å². The molecule has 0 saturated heterocycles. The Morgan fingerprint density at radius 2 is 1.85 bits per heavy atom. The summed E-state index contributed by atoms with van der Waals surface area (Å²) in [6, 6.07) is 9.48. The van der Waals surface area contributed by atoms with Crippen molar-refractivity contribution in [3.05, 3.63) is 35.9 Å². The first-order chi connectivity index (χ1) is 6.13. The summed E-state index contributed by atoms with van der Waals surface area (Å²) in [6.07, 6.45) is 4.19. The van der Waals surface area contributed by atoms with Crippen LogP contribution in [0.3, 0.4) is 0 Å². The minimum Gasteiger partial charge on any atom is -0.288 e. The van der Waals surface area contributed by atoms with Crippen LogP contribution >= 0.6 is 22.6 Å². The molecule has 1 unspecified atom stereocenters. The normalized spacial score (nSPS) is 12.9. The summed E-state index contributed by atoms with van der Waals surface area (Å²) in [5.74, 6) is 0.245. The minimum atomic E-state index is 0.111. The Morgan fingerprint density at radius 3 is 2.31 bits per heavy atom. The number of Topliss-reactive ketones (excluding diaryl/α,β-unsaturated/α-hetero) is 1. The molecule has 0 spiro atoms. The van der Waals surface area contributed by atoms with Crippen LogP contribution < -0.4 is 0 Å². The fourth-order valence-electron chi connectivity index (χ4n) is 0.948. The summed E-state index contributed by atoms with van der Waals surface area (Å²) >= 11 is 2.22. The number of hydrogen-bond acceptors (Lipinski definition) is 1. The standard InChI is InChI=1S/C10H12IOS/c1-13(2)10(11)9(12)8-6-4-3-5-7-8/h3-7,10H,1-2H3/q+1. The molecule has 70 valence electrons. The van der Waals surface area contributed by atoms with Crippen LogP contribution in [0.4, 0.5) is 0 Å². The molecule has 0 aliphatic heterocycles. The summed E-state index contributed by atoms with van der Waals surface area (Å²) in [4.78, 5) is 11.8. The third-order valence-electron chi connectivity index (χ3n) is 1.68. The summed E-state index contributed by atoms with van der Waals surface area (Å²) in [5, 5.41) is 0. The summed E-state index contributed by atoms with van der Waals surface area (Å²) in [7, 11) is 0.146. The van der Waals surface area contributed by atoms with Gasteiger partial charge < -0.3 is 0 Å². The van der Waals surface area contributed by atoms with Crippen LogP contribution in [0.1, 0.15) is 10.4 Å². The van der Waals surface area contributed by atoms with E-state index >= 15 is 0 Å². The predicted molar refractivity (Wildman–Crippen MR) is 67.8 cm³/mol. The van der Waals surface area contributed by atoms with E-state index in [1.54, 1.807) is 0 Å². The van der Waals surface area contributed by atoms with Gasteiger partial charge in [0.15, 0.2) is 0 Å². The zero-order chi connectivity index (χ0) is 9.84. The van der Waals surface area contributed by atoms with Crippen LogP contribution in [0.2, 0.25) is 0 Å². The van der Waals surface area contributed by atoms with Crippen LogP contribution in [-0.2, 0) is 10.9 Å². The number of carbonyl (C=O) groups excluding carboxylic acids is 1. The Bertz CT molecular complexity index is 284. The van der Waals surface area contributed by atoms with E-state index in [4.69, 9.17) is 0 Å². The van der Waals surface area contributed by atoms with Crippen molar-refractivity contribution in [2.75, 3.05) is 12.5 Å². The molecular formula is C10H12IOS+. The number of carbonyl (C=O) groups is 1. The van der Waals surface area contributed by atoms with Crippen molar-refractivity contribution in [1.29, 1.82) is 0 Å². The fourth-order valence-corrected chi connectivity index (χ4v) is 1.87. The highest BCUT2D eigenvalue weighted by Crippen LogP contribution is 2.15.